The maximum Gasteiger partial charge on any atom is 0.161 e. The van der Waals surface area contributed by atoms with Crippen LogP contribution in [0.1, 0.15) is 0 Å². The molecular weight excluding hydrogens is 701 g/mol. The molecule has 0 N–H and O–H groups in total. The van der Waals surface area contributed by atoms with Crippen molar-refractivity contribution in [1.82, 2.24) is 9.97 Å². The lowest BCUT2D eigenvalue weighted by Crippen LogP contribution is -1.95. The highest BCUT2D eigenvalue weighted by atomic mass is 32.1. The Hall–Kier alpha value is -7.14. The van der Waals surface area contributed by atoms with Crippen molar-refractivity contribution in [2.24, 2.45) is 0 Å². The first-order chi connectivity index (χ1) is 27.7. The van der Waals surface area contributed by atoms with E-state index < -0.39 is 0 Å². The third-order valence-corrected chi connectivity index (χ3v) is 12.4. The Labute approximate surface area is 325 Å². The Morgan fingerprint density at radius 1 is 0.393 bits per heavy atom. The number of rotatable bonds is 4. The highest BCUT2D eigenvalue weighted by Gasteiger charge is 2.21. The van der Waals surface area contributed by atoms with E-state index in [0.717, 1.165) is 65.5 Å². The van der Waals surface area contributed by atoms with Crippen molar-refractivity contribution in [2.75, 3.05) is 0 Å². The van der Waals surface area contributed by atoms with Crippen LogP contribution in [0.25, 0.3) is 119 Å². The van der Waals surface area contributed by atoms with Crippen molar-refractivity contribution < 1.29 is 4.42 Å². The number of thiophene rings is 1. The van der Waals surface area contributed by atoms with Crippen LogP contribution in [0.4, 0.5) is 0 Å². The third-order valence-electron chi connectivity index (χ3n) is 11.3. The lowest BCUT2D eigenvalue weighted by molar-refractivity contribution is 0.669. The Bertz CT molecular complexity index is 3540. The van der Waals surface area contributed by atoms with Crippen molar-refractivity contribution >= 4 is 85.9 Å². The minimum Gasteiger partial charge on any atom is -0.456 e. The van der Waals surface area contributed by atoms with Gasteiger partial charge in [0, 0.05) is 32.0 Å². The molecule has 0 bridgehead atoms. The van der Waals surface area contributed by atoms with Gasteiger partial charge in [-0.15, -0.1) is 11.3 Å². The molecule has 0 aliphatic rings. The predicted molar refractivity (Wildman–Crippen MR) is 236 cm³/mol. The SMILES string of the molecule is c1ccc2cc(-c3ccc(-c4ccc5c(c4)oc4cccc(-c6nc(-c7cc8ccccc8c8ccccc78)c7sc8ccccc8c7n6)c45)cc3)ccc2c1. The van der Waals surface area contributed by atoms with Crippen LogP contribution in [0.15, 0.2) is 186 Å². The van der Waals surface area contributed by atoms with Gasteiger partial charge in [0.15, 0.2) is 5.82 Å². The number of benzene rings is 9. The van der Waals surface area contributed by atoms with E-state index in [1.165, 1.54) is 48.1 Å². The highest BCUT2D eigenvalue weighted by Crippen LogP contribution is 2.44. The quantitative estimate of drug-likeness (QED) is 0.169. The molecule has 12 rings (SSSR count). The molecule has 9 aromatic carbocycles. The first-order valence-corrected chi connectivity index (χ1v) is 19.7. The summed E-state index contributed by atoms with van der Waals surface area (Å²) in [7, 11) is 0. The van der Waals surface area contributed by atoms with Gasteiger partial charge in [0.25, 0.3) is 0 Å². The van der Waals surface area contributed by atoms with Gasteiger partial charge < -0.3 is 4.42 Å². The summed E-state index contributed by atoms with van der Waals surface area (Å²) >= 11 is 1.76. The molecule has 56 heavy (non-hydrogen) atoms. The zero-order valence-corrected chi connectivity index (χ0v) is 30.8. The van der Waals surface area contributed by atoms with E-state index >= 15 is 0 Å². The van der Waals surface area contributed by atoms with Gasteiger partial charge in [0.05, 0.1) is 15.9 Å². The molecule has 0 amide bonds. The van der Waals surface area contributed by atoms with Gasteiger partial charge >= 0.3 is 0 Å². The van der Waals surface area contributed by atoms with Crippen LogP contribution in [0.3, 0.4) is 0 Å². The Balaban J connectivity index is 1.02. The van der Waals surface area contributed by atoms with Crippen LogP contribution in [0.2, 0.25) is 0 Å². The maximum atomic E-state index is 6.62. The summed E-state index contributed by atoms with van der Waals surface area (Å²) in [5.74, 6) is 0.690. The zero-order valence-electron chi connectivity index (χ0n) is 30.0. The van der Waals surface area contributed by atoms with Crippen molar-refractivity contribution in [3.63, 3.8) is 0 Å². The van der Waals surface area contributed by atoms with Crippen LogP contribution in [0, 0.1) is 0 Å². The first kappa shape index (κ1) is 31.2. The van der Waals surface area contributed by atoms with E-state index in [1.807, 2.05) is 6.07 Å². The van der Waals surface area contributed by atoms with Crippen LogP contribution in [-0.2, 0) is 0 Å². The topological polar surface area (TPSA) is 38.9 Å². The molecule has 260 valence electrons. The molecule has 0 unspecified atom stereocenters. The number of hydrogen-bond donors (Lipinski definition) is 0. The second-order valence-corrected chi connectivity index (χ2v) is 15.5. The molecule has 0 saturated carbocycles. The summed E-state index contributed by atoms with van der Waals surface area (Å²) in [6, 6.07) is 64.9. The second kappa shape index (κ2) is 12.2. The fraction of sp³-hybridized carbons (Fsp3) is 0. The normalized spacial score (nSPS) is 11.9. The predicted octanol–water partition coefficient (Wildman–Crippen LogP) is 14.9. The summed E-state index contributed by atoms with van der Waals surface area (Å²) in [5.41, 5.74) is 10.3. The third kappa shape index (κ3) is 4.83. The van der Waals surface area contributed by atoms with E-state index in [2.05, 4.69) is 176 Å². The van der Waals surface area contributed by atoms with Gasteiger partial charge in [-0.05, 0) is 91.0 Å². The molecule has 0 atom stereocenters. The minimum atomic E-state index is 0.690. The summed E-state index contributed by atoms with van der Waals surface area (Å²) in [6.07, 6.45) is 0. The smallest absolute Gasteiger partial charge is 0.161 e. The molecule has 0 radical (unpaired) electrons. The van der Waals surface area contributed by atoms with Crippen LogP contribution < -0.4 is 0 Å². The molecular formula is C52H30N2OS. The van der Waals surface area contributed by atoms with Gasteiger partial charge in [0.1, 0.15) is 11.2 Å². The zero-order chi connectivity index (χ0) is 36.7. The lowest BCUT2D eigenvalue weighted by atomic mass is 9.95. The molecule has 3 nitrogen and oxygen atoms in total. The summed E-state index contributed by atoms with van der Waals surface area (Å²) in [6.45, 7) is 0. The minimum absolute atomic E-state index is 0.690. The van der Waals surface area contributed by atoms with Crippen molar-refractivity contribution in [1.29, 1.82) is 0 Å². The average molecular weight is 731 g/mol. The van der Waals surface area contributed by atoms with Crippen molar-refractivity contribution in [3.05, 3.63) is 182 Å². The summed E-state index contributed by atoms with van der Waals surface area (Å²) in [5, 5.41) is 10.5. The Morgan fingerprint density at radius 2 is 1.05 bits per heavy atom. The Morgan fingerprint density at radius 3 is 1.89 bits per heavy atom. The number of fused-ring (bicyclic) bond motifs is 10. The number of furan rings is 1. The fourth-order valence-corrected chi connectivity index (χ4v) is 9.71. The van der Waals surface area contributed by atoms with Crippen LogP contribution in [0.5, 0.6) is 0 Å². The van der Waals surface area contributed by atoms with Gasteiger partial charge in [-0.3, -0.25) is 0 Å². The van der Waals surface area contributed by atoms with Gasteiger partial charge in [-0.25, -0.2) is 9.97 Å². The molecule has 3 aromatic heterocycles. The number of aromatic nitrogens is 2. The van der Waals surface area contributed by atoms with Crippen molar-refractivity contribution in [2.45, 2.75) is 0 Å². The molecule has 0 aliphatic heterocycles. The van der Waals surface area contributed by atoms with Gasteiger partial charge in [-0.2, -0.15) is 0 Å². The molecule has 0 fully saturated rings. The number of nitrogens with zero attached hydrogens (tertiary/aromatic N) is 2. The number of hydrogen-bond acceptors (Lipinski definition) is 4. The van der Waals surface area contributed by atoms with E-state index in [0.29, 0.717) is 5.82 Å². The van der Waals surface area contributed by atoms with E-state index in [1.54, 1.807) is 11.3 Å². The molecule has 0 spiro atoms. The largest absolute Gasteiger partial charge is 0.456 e. The standard InChI is InChI=1S/C52H30N2OS/c1-2-11-34-28-35(25-24-31(34)10-1)32-20-22-33(23-21-32)36-26-27-41-46(30-36)55-45-18-9-17-43(48(41)45)52-53-49-42-16-7-8-19-47(42)56-51(49)50(54-52)44-29-37-12-3-4-13-38(37)39-14-5-6-15-40(39)44/h1-30H. The summed E-state index contributed by atoms with van der Waals surface area (Å²) in [4.78, 5) is 10.9. The Kier molecular flexibility index (Phi) is 6.80. The van der Waals surface area contributed by atoms with Crippen molar-refractivity contribution in [3.8, 4) is 44.9 Å². The molecule has 0 saturated heterocycles. The van der Waals surface area contributed by atoms with Gasteiger partial charge in [0.2, 0.25) is 0 Å². The fourth-order valence-electron chi connectivity index (χ4n) is 8.56. The van der Waals surface area contributed by atoms with E-state index in [9.17, 15) is 0 Å². The molecule has 12 aromatic rings. The monoisotopic (exact) mass is 730 g/mol. The average Bonchev–Trinajstić information content (AvgIpc) is 3.84. The van der Waals surface area contributed by atoms with Crippen LogP contribution >= 0.6 is 11.3 Å². The second-order valence-electron chi connectivity index (χ2n) is 14.5. The van der Waals surface area contributed by atoms with E-state index in [4.69, 9.17) is 14.4 Å². The molecule has 3 heterocycles. The van der Waals surface area contributed by atoms with Gasteiger partial charge in [-0.1, -0.05) is 146 Å². The molecule has 0 aliphatic carbocycles. The summed E-state index contributed by atoms with van der Waals surface area (Å²) < 4.78 is 8.91. The molecule has 4 heteroatoms. The maximum absolute atomic E-state index is 6.62. The highest BCUT2D eigenvalue weighted by molar-refractivity contribution is 7.26. The van der Waals surface area contributed by atoms with Crippen LogP contribution in [-0.4, -0.2) is 9.97 Å². The first-order valence-electron chi connectivity index (χ1n) is 18.9. The lowest BCUT2D eigenvalue weighted by Gasteiger charge is -2.13. The van der Waals surface area contributed by atoms with E-state index in [-0.39, 0.29) is 0 Å².